The van der Waals surface area contributed by atoms with Crippen LogP contribution in [-0.2, 0) is 9.53 Å². The quantitative estimate of drug-likeness (QED) is 0.633. The van der Waals surface area contributed by atoms with E-state index in [0.29, 0.717) is 0 Å². The third kappa shape index (κ3) is 2.12. The van der Waals surface area contributed by atoms with Gasteiger partial charge in [0, 0.05) is 5.92 Å². The lowest BCUT2D eigenvalue weighted by molar-refractivity contribution is -0.177. The maximum Gasteiger partial charge on any atom is 0.407 e. The molecule has 13 heavy (non-hydrogen) atoms. The normalized spacial score (nSPS) is 31.6. The van der Waals surface area contributed by atoms with Gasteiger partial charge in [-0.05, 0) is 0 Å². The Labute approximate surface area is 73.0 Å². The fourth-order valence-electron chi connectivity index (χ4n) is 1.31. The van der Waals surface area contributed by atoms with Crippen LogP contribution in [0.5, 0.6) is 0 Å². The molecular weight excluding hydrogens is 187 g/mol. The summed E-state index contributed by atoms with van der Waals surface area (Å²) in [5, 5.41) is 0. The predicted molar refractivity (Wildman–Crippen MR) is 37.7 cm³/mol. The maximum atomic E-state index is 12.1. The Morgan fingerprint density at radius 3 is 2.46 bits per heavy atom. The molecule has 0 bridgehead atoms. The van der Waals surface area contributed by atoms with E-state index in [-0.39, 0.29) is 6.42 Å². The van der Waals surface area contributed by atoms with Gasteiger partial charge in [-0.1, -0.05) is 6.92 Å². The van der Waals surface area contributed by atoms with E-state index in [9.17, 15) is 18.0 Å². The van der Waals surface area contributed by atoms with Crippen LogP contribution in [0, 0.1) is 5.92 Å². The average molecular weight is 197 g/mol. The molecule has 2 N–H and O–H groups in total. The monoisotopic (exact) mass is 197 g/mol. The zero-order chi connectivity index (χ0) is 10.2. The standard InChI is InChI=1S/C7H10F3NO2/c1-3-2-4(12)13-5(3)6(11)7(8,9)10/h3,5-6H,2,11H2,1H3/t3-,5-,6-/m1/s1. The minimum atomic E-state index is -4.51. The van der Waals surface area contributed by atoms with Crippen molar-refractivity contribution in [3.05, 3.63) is 0 Å². The van der Waals surface area contributed by atoms with E-state index in [4.69, 9.17) is 5.73 Å². The lowest BCUT2D eigenvalue weighted by Crippen LogP contribution is -2.48. The summed E-state index contributed by atoms with van der Waals surface area (Å²) >= 11 is 0. The highest BCUT2D eigenvalue weighted by Gasteiger charge is 2.48. The first-order chi connectivity index (χ1) is 5.82. The summed E-state index contributed by atoms with van der Waals surface area (Å²) in [5.74, 6) is -1.08. The molecule has 1 aliphatic rings. The molecule has 0 aromatic rings. The summed E-state index contributed by atoms with van der Waals surface area (Å²) in [7, 11) is 0. The number of hydrogen-bond acceptors (Lipinski definition) is 3. The van der Waals surface area contributed by atoms with Gasteiger partial charge in [0.25, 0.3) is 0 Å². The van der Waals surface area contributed by atoms with E-state index in [2.05, 4.69) is 4.74 Å². The van der Waals surface area contributed by atoms with Gasteiger partial charge in [-0.2, -0.15) is 13.2 Å². The first-order valence-electron chi connectivity index (χ1n) is 3.84. The molecule has 3 nitrogen and oxygen atoms in total. The van der Waals surface area contributed by atoms with Crippen molar-refractivity contribution in [2.24, 2.45) is 11.7 Å². The van der Waals surface area contributed by atoms with Crippen molar-refractivity contribution in [1.82, 2.24) is 0 Å². The van der Waals surface area contributed by atoms with Crippen molar-refractivity contribution in [2.75, 3.05) is 0 Å². The van der Waals surface area contributed by atoms with Gasteiger partial charge in [0.1, 0.15) is 12.1 Å². The molecule has 0 aromatic heterocycles. The summed E-state index contributed by atoms with van der Waals surface area (Å²) < 4.78 is 40.7. The maximum absolute atomic E-state index is 12.1. The zero-order valence-corrected chi connectivity index (χ0v) is 6.97. The van der Waals surface area contributed by atoms with Crippen LogP contribution in [-0.4, -0.2) is 24.3 Å². The molecule has 0 aliphatic carbocycles. The first-order valence-corrected chi connectivity index (χ1v) is 3.84. The lowest BCUT2D eigenvalue weighted by atomic mass is 9.98. The highest BCUT2D eigenvalue weighted by molar-refractivity contribution is 5.72. The van der Waals surface area contributed by atoms with Crippen molar-refractivity contribution in [1.29, 1.82) is 0 Å². The Morgan fingerprint density at radius 2 is 2.15 bits per heavy atom. The Kier molecular flexibility index (Phi) is 2.51. The van der Waals surface area contributed by atoms with Gasteiger partial charge in [0.2, 0.25) is 0 Å². The fraction of sp³-hybridized carbons (Fsp3) is 0.857. The molecule has 76 valence electrons. The Morgan fingerprint density at radius 1 is 1.62 bits per heavy atom. The highest BCUT2D eigenvalue weighted by atomic mass is 19.4. The number of carbonyl (C=O) groups is 1. The van der Waals surface area contributed by atoms with E-state index in [1.807, 2.05) is 0 Å². The second-order valence-electron chi connectivity index (χ2n) is 3.20. The van der Waals surface area contributed by atoms with Crippen LogP contribution >= 0.6 is 0 Å². The van der Waals surface area contributed by atoms with Gasteiger partial charge in [0.05, 0.1) is 6.42 Å². The van der Waals surface area contributed by atoms with Crippen molar-refractivity contribution in [3.8, 4) is 0 Å². The molecule has 0 aromatic carbocycles. The molecule has 1 fully saturated rings. The molecule has 3 atom stereocenters. The molecule has 1 heterocycles. The van der Waals surface area contributed by atoms with Crippen LogP contribution in [0.4, 0.5) is 13.2 Å². The predicted octanol–water partition coefficient (Wildman–Crippen LogP) is 0.828. The second-order valence-corrected chi connectivity index (χ2v) is 3.20. The molecule has 6 heteroatoms. The van der Waals surface area contributed by atoms with Crippen molar-refractivity contribution >= 4 is 5.97 Å². The topological polar surface area (TPSA) is 52.3 Å². The van der Waals surface area contributed by atoms with Gasteiger partial charge in [-0.25, -0.2) is 0 Å². The SMILES string of the molecule is C[C@@H]1CC(=O)O[C@H]1[C@@H](N)C(F)(F)F. The lowest BCUT2D eigenvalue weighted by Gasteiger charge is -2.23. The van der Waals surface area contributed by atoms with Crippen LogP contribution in [0.25, 0.3) is 0 Å². The van der Waals surface area contributed by atoms with Gasteiger partial charge in [0.15, 0.2) is 0 Å². The number of cyclic esters (lactones) is 1. The summed E-state index contributed by atoms with van der Waals surface area (Å²) in [6.07, 6.45) is -5.73. The second kappa shape index (κ2) is 3.17. The first kappa shape index (κ1) is 10.3. The minimum Gasteiger partial charge on any atom is -0.460 e. The number of rotatable bonds is 1. The molecule has 0 unspecified atom stereocenters. The van der Waals surface area contributed by atoms with E-state index in [1.54, 1.807) is 0 Å². The number of carbonyl (C=O) groups excluding carboxylic acids is 1. The number of alkyl halides is 3. The number of hydrogen-bond donors (Lipinski definition) is 1. The van der Waals surface area contributed by atoms with E-state index in [0.717, 1.165) is 0 Å². The molecule has 0 amide bonds. The van der Waals surface area contributed by atoms with E-state index < -0.39 is 30.2 Å². The molecule has 1 aliphatic heterocycles. The Hall–Kier alpha value is -0.780. The zero-order valence-electron chi connectivity index (χ0n) is 6.97. The van der Waals surface area contributed by atoms with Crippen molar-refractivity contribution < 1.29 is 22.7 Å². The number of esters is 1. The number of nitrogens with two attached hydrogens (primary N) is 1. The van der Waals surface area contributed by atoms with E-state index in [1.165, 1.54) is 6.92 Å². The third-order valence-electron chi connectivity index (χ3n) is 2.05. The number of ether oxygens (including phenoxy) is 1. The average Bonchev–Trinajstić information content (AvgIpc) is 2.26. The van der Waals surface area contributed by atoms with Gasteiger partial charge < -0.3 is 10.5 Å². The van der Waals surface area contributed by atoms with Crippen molar-refractivity contribution in [3.63, 3.8) is 0 Å². The van der Waals surface area contributed by atoms with Crippen LogP contribution in [0.2, 0.25) is 0 Å². The van der Waals surface area contributed by atoms with Gasteiger partial charge >= 0.3 is 12.1 Å². The molecular formula is C7H10F3NO2. The minimum absolute atomic E-state index is 0.00838. The van der Waals surface area contributed by atoms with Crippen LogP contribution in [0.15, 0.2) is 0 Å². The van der Waals surface area contributed by atoms with Gasteiger partial charge in [-0.15, -0.1) is 0 Å². The van der Waals surface area contributed by atoms with Crippen LogP contribution < -0.4 is 5.73 Å². The van der Waals surface area contributed by atoms with Crippen molar-refractivity contribution in [2.45, 2.75) is 31.7 Å². The largest absolute Gasteiger partial charge is 0.460 e. The summed E-state index contributed by atoms with van der Waals surface area (Å²) in [6.45, 7) is 1.52. The Bertz CT molecular complexity index is 216. The summed E-state index contributed by atoms with van der Waals surface area (Å²) in [5.41, 5.74) is 4.91. The highest BCUT2D eigenvalue weighted by Crippen LogP contribution is 2.31. The van der Waals surface area contributed by atoms with Crippen LogP contribution in [0.3, 0.4) is 0 Å². The number of halogens is 3. The Balaban J connectivity index is 2.67. The molecule has 0 radical (unpaired) electrons. The van der Waals surface area contributed by atoms with Crippen LogP contribution in [0.1, 0.15) is 13.3 Å². The third-order valence-corrected chi connectivity index (χ3v) is 2.05. The molecule has 0 saturated carbocycles. The molecule has 1 saturated heterocycles. The summed E-state index contributed by atoms with van der Waals surface area (Å²) in [6, 6.07) is -2.08. The summed E-state index contributed by atoms with van der Waals surface area (Å²) in [4.78, 5) is 10.7. The van der Waals surface area contributed by atoms with E-state index >= 15 is 0 Å². The molecule has 0 spiro atoms. The molecule has 1 rings (SSSR count). The fourth-order valence-corrected chi connectivity index (χ4v) is 1.31. The van der Waals surface area contributed by atoms with Gasteiger partial charge in [-0.3, -0.25) is 4.79 Å². The smallest absolute Gasteiger partial charge is 0.407 e.